The van der Waals surface area contributed by atoms with E-state index in [9.17, 15) is 0 Å². The smallest absolute Gasteiger partial charge is 0.208 e. The van der Waals surface area contributed by atoms with Crippen molar-refractivity contribution in [2.45, 2.75) is 40.3 Å². The van der Waals surface area contributed by atoms with Crippen molar-refractivity contribution in [1.29, 1.82) is 0 Å². The first-order valence-electron chi connectivity index (χ1n) is 4.74. The summed E-state index contributed by atoms with van der Waals surface area (Å²) in [5.41, 5.74) is 0. The standard InChI is InChI=1S/C10H18N2O/c1-7(2)9(4)11-6-10-12-5-8(3)13-10/h5,7,9,11H,6H2,1-4H3. The van der Waals surface area contributed by atoms with Crippen molar-refractivity contribution in [3.8, 4) is 0 Å². The first kappa shape index (κ1) is 10.3. The summed E-state index contributed by atoms with van der Waals surface area (Å²) < 4.78 is 5.34. The van der Waals surface area contributed by atoms with Crippen LogP contribution in [0.5, 0.6) is 0 Å². The van der Waals surface area contributed by atoms with Crippen molar-refractivity contribution in [2.75, 3.05) is 0 Å². The van der Waals surface area contributed by atoms with E-state index in [0.717, 1.165) is 11.7 Å². The van der Waals surface area contributed by atoms with Gasteiger partial charge in [-0.3, -0.25) is 0 Å². The van der Waals surface area contributed by atoms with Gasteiger partial charge in [-0.2, -0.15) is 0 Å². The Morgan fingerprint density at radius 3 is 2.62 bits per heavy atom. The molecule has 1 unspecified atom stereocenters. The number of aryl methyl sites for hydroxylation is 1. The molecule has 0 bridgehead atoms. The molecule has 3 nitrogen and oxygen atoms in total. The lowest BCUT2D eigenvalue weighted by Gasteiger charge is -2.15. The quantitative estimate of drug-likeness (QED) is 0.775. The van der Waals surface area contributed by atoms with E-state index in [4.69, 9.17) is 4.42 Å². The van der Waals surface area contributed by atoms with Crippen LogP contribution in [-0.2, 0) is 6.54 Å². The number of aromatic nitrogens is 1. The van der Waals surface area contributed by atoms with Crippen LogP contribution < -0.4 is 5.32 Å². The second kappa shape index (κ2) is 4.42. The SMILES string of the molecule is Cc1cnc(CNC(C)C(C)C)o1. The summed E-state index contributed by atoms with van der Waals surface area (Å²) in [4.78, 5) is 4.12. The lowest BCUT2D eigenvalue weighted by atomic mass is 10.1. The molecule has 0 saturated carbocycles. The molecule has 0 spiro atoms. The molecule has 1 heterocycles. The highest BCUT2D eigenvalue weighted by Gasteiger charge is 2.07. The van der Waals surface area contributed by atoms with Crippen LogP contribution in [0.2, 0.25) is 0 Å². The lowest BCUT2D eigenvalue weighted by molar-refractivity contribution is 0.384. The van der Waals surface area contributed by atoms with Crippen molar-refractivity contribution in [3.05, 3.63) is 17.8 Å². The highest BCUT2D eigenvalue weighted by Crippen LogP contribution is 2.04. The minimum absolute atomic E-state index is 0.493. The fraction of sp³-hybridized carbons (Fsp3) is 0.700. The molecular formula is C10H18N2O. The molecule has 0 aromatic carbocycles. The lowest BCUT2D eigenvalue weighted by Crippen LogP contribution is -2.30. The molecule has 0 aliphatic rings. The molecule has 0 aliphatic heterocycles. The summed E-state index contributed by atoms with van der Waals surface area (Å²) in [6.07, 6.45) is 1.75. The van der Waals surface area contributed by atoms with Crippen molar-refractivity contribution in [1.82, 2.24) is 10.3 Å². The van der Waals surface area contributed by atoms with Gasteiger partial charge in [0, 0.05) is 6.04 Å². The number of hydrogen-bond donors (Lipinski definition) is 1. The zero-order valence-electron chi connectivity index (χ0n) is 8.79. The Labute approximate surface area is 79.5 Å². The van der Waals surface area contributed by atoms with E-state index >= 15 is 0 Å². The Kier molecular flexibility index (Phi) is 3.48. The van der Waals surface area contributed by atoms with Gasteiger partial charge < -0.3 is 9.73 Å². The summed E-state index contributed by atoms with van der Waals surface area (Å²) >= 11 is 0. The van der Waals surface area contributed by atoms with Gasteiger partial charge in [0.1, 0.15) is 5.76 Å². The Bertz CT molecular complexity index is 255. The van der Waals surface area contributed by atoms with Crippen LogP contribution in [0.3, 0.4) is 0 Å². The van der Waals surface area contributed by atoms with Gasteiger partial charge in [0.15, 0.2) is 0 Å². The molecule has 13 heavy (non-hydrogen) atoms. The minimum atomic E-state index is 0.493. The number of nitrogens with one attached hydrogen (secondary N) is 1. The molecule has 0 radical (unpaired) electrons. The summed E-state index contributed by atoms with van der Waals surface area (Å²) in [6.45, 7) is 9.17. The highest BCUT2D eigenvalue weighted by molar-refractivity contribution is 4.90. The average molecular weight is 182 g/mol. The van der Waals surface area contributed by atoms with E-state index in [1.54, 1.807) is 6.20 Å². The fourth-order valence-electron chi connectivity index (χ4n) is 0.967. The molecule has 74 valence electrons. The molecule has 1 N–H and O–H groups in total. The zero-order valence-corrected chi connectivity index (χ0v) is 8.79. The predicted molar refractivity (Wildman–Crippen MR) is 52.4 cm³/mol. The van der Waals surface area contributed by atoms with Crippen molar-refractivity contribution in [3.63, 3.8) is 0 Å². The third-order valence-electron chi connectivity index (χ3n) is 2.24. The van der Waals surface area contributed by atoms with Gasteiger partial charge in [-0.05, 0) is 19.8 Å². The van der Waals surface area contributed by atoms with Gasteiger partial charge in [-0.1, -0.05) is 13.8 Å². The molecule has 0 fully saturated rings. The summed E-state index contributed by atoms with van der Waals surface area (Å²) in [6, 6.07) is 0.493. The number of oxazole rings is 1. The Balaban J connectivity index is 2.35. The summed E-state index contributed by atoms with van der Waals surface area (Å²) in [5, 5.41) is 3.36. The molecule has 1 aromatic rings. The van der Waals surface area contributed by atoms with Crippen molar-refractivity contribution < 1.29 is 4.42 Å². The number of nitrogens with zero attached hydrogens (tertiary/aromatic N) is 1. The largest absolute Gasteiger partial charge is 0.445 e. The van der Waals surface area contributed by atoms with E-state index in [2.05, 4.69) is 31.1 Å². The maximum atomic E-state index is 5.34. The normalized spacial score (nSPS) is 13.6. The van der Waals surface area contributed by atoms with E-state index in [0.29, 0.717) is 18.5 Å². The van der Waals surface area contributed by atoms with E-state index in [1.165, 1.54) is 0 Å². The van der Waals surface area contributed by atoms with E-state index in [-0.39, 0.29) is 0 Å². The fourth-order valence-corrected chi connectivity index (χ4v) is 0.967. The van der Waals surface area contributed by atoms with Crippen molar-refractivity contribution in [2.24, 2.45) is 5.92 Å². The summed E-state index contributed by atoms with van der Waals surface area (Å²) in [5.74, 6) is 2.27. The van der Waals surface area contributed by atoms with Crippen LogP contribution >= 0.6 is 0 Å². The van der Waals surface area contributed by atoms with E-state index in [1.807, 2.05) is 6.92 Å². The average Bonchev–Trinajstić information content (AvgIpc) is 2.47. The Morgan fingerprint density at radius 2 is 2.15 bits per heavy atom. The Hall–Kier alpha value is -0.830. The molecule has 0 amide bonds. The van der Waals surface area contributed by atoms with E-state index < -0.39 is 0 Å². The number of hydrogen-bond acceptors (Lipinski definition) is 3. The van der Waals surface area contributed by atoms with Crippen molar-refractivity contribution >= 4 is 0 Å². The molecule has 1 atom stereocenters. The molecule has 0 aliphatic carbocycles. The van der Waals surface area contributed by atoms with Crippen LogP contribution in [0.1, 0.15) is 32.4 Å². The first-order chi connectivity index (χ1) is 6.09. The third kappa shape index (κ3) is 3.19. The second-order valence-electron chi connectivity index (χ2n) is 3.78. The first-order valence-corrected chi connectivity index (χ1v) is 4.74. The number of rotatable bonds is 4. The van der Waals surface area contributed by atoms with Gasteiger partial charge in [0.25, 0.3) is 0 Å². The van der Waals surface area contributed by atoms with Gasteiger partial charge in [0.05, 0.1) is 12.7 Å². The van der Waals surface area contributed by atoms with Crippen LogP contribution in [-0.4, -0.2) is 11.0 Å². The third-order valence-corrected chi connectivity index (χ3v) is 2.24. The van der Waals surface area contributed by atoms with Crippen LogP contribution in [0.25, 0.3) is 0 Å². The van der Waals surface area contributed by atoms with Gasteiger partial charge in [-0.25, -0.2) is 4.98 Å². The maximum Gasteiger partial charge on any atom is 0.208 e. The molecule has 1 rings (SSSR count). The van der Waals surface area contributed by atoms with Crippen LogP contribution in [0.15, 0.2) is 10.6 Å². The minimum Gasteiger partial charge on any atom is -0.445 e. The molecular weight excluding hydrogens is 164 g/mol. The maximum absolute atomic E-state index is 5.34. The Morgan fingerprint density at radius 1 is 1.46 bits per heavy atom. The van der Waals surface area contributed by atoms with Crippen LogP contribution in [0.4, 0.5) is 0 Å². The van der Waals surface area contributed by atoms with Gasteiger partial charge >= 0.3 is 0 Å². The van der Waals surface area contributed by atoms with Gasteiger partial charge in [0.2, 0.25) is 5.89 Å². The molecule has 0 saturated heterocycles. The molecule has 1 aromatic heterocycles. The van der Waals surface area contributed by atoms with Crippen LogP contribution in [0, 0.1) is 12.8 Å². The predicted octanol–water partition coefficient (Wildman–Crippen LogP) is 2.12. The molecule has 3 heteroatoms. The zero-order chi connectivity index (χ0) is 9.84. The summed E-state index contributed by atoms with van der Waals surface area (Å²) in [7, 11) is 0. The monoisotopic (exact) mass is 182 g/mol. The second-order valence-corrected chi connectivity index (χ2v) is 3.78. The topological polar surface area (TPSA) is 38.1 Å². The highest BCUT2D eigenvalue weighted by atomic mass is 16.4. The van der Waals surface area contributed by atoms with Gasteiger partial charge in [-0.15, -0.1) is 0 Å².